The smallest absolute Gasteiger partial charge is 0.146 e. The van der Waals surface area contributed by atoms with Gasteiger partial charge in [-0.25, -0.2) is 0 Å². The van der Waals surface area contributed by atoms with Gasteiger partial charge in [-0.05, 0) is 45.3 Å². The van der Waals surface area contributed by atoms with Crippen molar-refractivity contribution >= 4 is 0 Å². The van der Waals surface area contributed by atoms with Crippen LogP contribution in [-0.2, 0) is 13.6 Å². The molecule has 0 bridgehead atoms. The predicted molar refractivity (Wildman–Crippen MR) is 87.0 cm³/mol. The maximum absolute atomic E-state index is 9.41. The summed E-state index contributed by atoms with van der Waals surface area (Å²) in [5.41, 5.74) is 0. The van der Waals surface area contributed by atoms with Gasteiger partial charge in [0, 0.05) is 19.5 Å². The van der Waals surface area contributed by atoms with Gasteiger partial charge in [0.05, 0.1) is 25.8 Å². The van der Waals surface area contributed by atoms with Crippen molar-refractivity contribution in [1.29, 1.82) is 0 Å². The molecule has 2 aliphatic heterocycles. The molecule has 3 heterocycles. The molecule has 0 aromatic carbocycles. The monoisotopic (exact) mass is 323 g/mol. The SMILES string of the molecule is Cn1c(CN2CCCC2)nnc1[C@@H]1CCCN(C(CO)CO)C1. The highest BCUT2D eigenvalue weighted by atomic mass is 16.3. The van der Waals surface area contributed by atoms with Crippen molar-refractivity contribution in [2.45, 2.75) is 44.2 Å². The molecule has 2 aliphatic rings. The van der Waals surface area contributed by atoms with Gasteiger partial charge in [0.2, 0.25) is 0 Å². The topological polar surface area (TPSA) is 77.7 Å². The fourth-order valence-electron chi connectivity index (χ4n) is 3.85. The first kappa shape index (κ1) is 16.8. The van der Waals surface area contributed by atoms with Gasteiger partial charge in [-0.15, -0.1) is 10.2 Å². The standard InChI is InChI=1S/C16H29N5O2/c1-19-15(10-20-6-2-3-7-20)17-18-16(19)13-5-4-8-21(9-13)14(11-22)12-23/h13-14,22-23H,2-12H2,1H3/t13-/m1/s1. The zero-order valence-electron chi connectivity index (χ0n) is 14.1. The van der Waals surface area contributed by atoms with Crippen LogP contribution in [0.2, 0.25) is 0 Å². The van der Waals surface area contributed by atoms with E-state index in [0.717, 1.165) is 57.2 Å². The van der Waals surface area contributed by atoms with Gasteiger partial charge in [-0.3, -0.25) is 9.80 Å². The van der Waals surface area contributed by atoms with Crippen LogP contribution >= 0.6 is 0 Å². The average molecular weight is 323 g/mol. The van der Waals surface area contributed by atoms with Crippen LogP contribution in [0.5, 0.6) is 0 Å². The van der Waals surface area contributed by atoms with Crippen molar-refractivity contribution in [2.75, 3.05) is 39.4 Å². The first-order valence-electron chi connectivity index (χ1n) is 8.79. The number of rotatable bonds is 6. The molecule has 1 aromatic rings. The number of hydrogen-bond donors (Lipinski definition) is 2. The Labute approximate surface area is 137 Å². The molecule has 2 N–H and O–H groups in total. The Hall–Kier alpha value is -1.02. The predicted octanol–water partition coefficient (Wildman–Crippen LogP) is -0.0565. The van der Waals surface area contributed by atoms with E-state index in [2.05, 4.69) is 31.6 Å². The third-order valence-corrected chi connectivity index (χ3v) is 5.32. The highest BCUT2D eigenvalue weighted by molar-refractivity contribution is 5.04. The Balaban J connectivity index is 1.67. The second-order valence-electron chi connectivity index (χ2n) is 6.87. The molecule has 7 nitrogen and oxygen atoms in total. The maximum atomic E-state index is 9.41. The van der Waals surface area contributed by atoms with Gasteiger partial charge in [0.1, 0.15) is 11.6 Å². The molecule has 7 heteroatoms. The van der Waals surface area contributed by atoms with Crippen molar-refractivity contribution in [1.82, 2.24) is 24.6 Å². The van der Waals surface area contributed by atoms with Crippen molar-refractivity contribution < 1.29 is 10.2 Å². The Morgan fingerprint density at radius 2 is 1.83 bits per heavy atom. The highest BCUT2D eigenvalue weighted by Gasteiger charge is 2.29. The van der Waals surface area contributed by atoms with E-state index < -0.39 is 0 Å². The zero-order chi connectivity index (χ0) is 16.2. The number of aliphatic hydroxyl groups is 2. The normalized spacial score (nSPS) is 23.9. The van der Waals surface area contributed by atoms with E-state index >= 15 is 0 Å². The van der Waals surface area contributed by atoms with Crippen molar-refractivity contribution in [3.8, 4) is 0 Å². The average Bonchev–Trinajstić information content (AvgIpc) is 3.20. The van der Waals surface area contributed by atoms with Crippen LogP contribution in [-0.4, -0.2) is 80.2 Å². The van der Waals surface area contributed by atoms with Gasteiger partial charge in [-0.2, -0.15) is 0 Å². The Morgan fingerprint density at radius 1 is 1.09 bits per heavy atom. The third-order valence-electron chi connectivity index (χ3n) is 5.32. The summed E-state index contributed by atoms with van der Waals surface area (Å²) < 4.78 is 2.15. The van der Waals surface area contributed by atoms with Gasteiger partial charge < -0.3 is 14.8 Å². The van der Waals surface area contributed by atoms with E-state index in [9.17, 15) is 10.2 Å². The lowest BCUT2D eigenvalue weighted by Gasteiger charge is -2.36. The fourth-order valence-corrected chi connectivity index (χ4v) is 3.85. The third kappa shape index (κ3) is 3.74. The number of hydrogen-bond acceptors (Lipinski definition) is 6. The molecular weight excluding hydrogens is 294 g/mol. The largest absolute Gasteiger partial charge is 0.395 e. The molecule has 0 spiro atoms. The summed E-state index contributed by atoms with van der Waals surface area (Å²) in [6.45, 7) is 4.98. The second kappa shape index (κ2) is 7.70. The van der Waals surface area contributed by atoms with Gasteiger partial charge >= 0.3 is 0 Å². The molecule has 2 saturated heterocycles. The van der Waals surface area contributed by atoms with Crippen LogP contribution in [0.4, 0.5) is 0 Å². The molecule has 23 heavy (non-hydrogen) atoms. The zero-order valence-corrected chi connectivity index (χ0v) is 14.1. The van der Waals surface area contributed by atoms with Crippen molar-refractivity contribution in [3.05, 3.63) is 11.6 Å². The summed E-state index contributed by atoms with van der Waals surface area (Å²) in [7, 11) is 2.06. The molecule has 0 amide bonds. The molecule has 2 fully saturated rings. The summed E-state index contributed by atoms with van der Waals surface area (Å²) in [5.74, 6) is 2.41. The minimum atomic E-state index is -0.157. The van der Waals surface area contributed by atoms with Crippen LogP contribution in [0, 0.1) is 0 Å². The lowest BCUT2D eigenvalue weighted by atomic mass is 9.96. The van der Waals surface area contributed by atoms with Gasteiger partial charge in [0.25, 0.3) is 0 Å². The first-order chi connectivity index (χ1) is 11.2. The van der Waals surface area contributed by atoms with Crippen molar-refractivity contribution in [3.63, 3.8) is 0 Å². The number of likely N-dealkylation sites (tertiary alicyclic amines) is 2. The van der Waals surface area contributed by atoms with E-state index in [1.165, 1.54) is 12.8 Å². The number of aromatic nitrogens is 3. The summed E-state index contributed by atoms with van der Waals surface area (Å²) in [5, 5.41) is 27.7. The molecule has 0 saturated carbocycles. The van der Waals surface area contributed by atoms with Crippen molar-refractivity contribution in [2.24, 2.45) is 7.05 Å². The summed E-state index contributed by atoms with van der Waals surface area (Å²) in [6, 6.07) is -0.157. The fraction of sp³-hybridized carbons (Fsp3) is 0.875. The van der Waals surface area contributed by atoms with Crippen LogP contribution in [0.25, 0.3) is 0 Å². The van der Waals surface area contributed by atoms with E-state index in [1.54, 1.807) is 0 Å². The quantitative estimate of drug-likeness (QED) is 0.764. The van der Waals surface area contributed by atoms with Gasteiger partial charge in [-0.1, -0.05) is 0 Å². The highest BCUT2D eigenvalue weighted by Crippen LogP contribution is 2.27. The van der Waals surface area contributed by atoms with Crippen LogP contribution in [0.3, 0.4) is 0 Å². The van der Waals surface area contributed by atoms with E-state index in [1.807, 2.05) is 0 Å². The summed E-state index contributed by atoms with van der Waals surface area (Å²) in [6.07, 6.45) is 4.73. The molecule has 1 aromatic heterocycles. The molecule has 1 atom stereocenters. The summed E-state index contributed by atoms with van der Waals surface area (Å²) in [4.78, 5) is 4.62. The molecule has 0 radical (unpaired) electrons. The number of piperidine rings is 1. The summed E-state index contributed by atoms with van der Waals surface area (Å²) >= 11 is 0. The van der Waals surface area contributed by atoms with E-state index in [4.69, 9.17) is 0 Å². The second-order valence-corrected chi connectivity index (χ2v) is 6.87. The Kier molecular flexibility index (Phi) is 5.63. The molecule has 0 unspecified atom stereocenters. The van der Waals surface area contributed by atoms with Crippen LogP contribution in [0.1, 0.15) is 43.3 Å². The molecular formula is C16H29N5O2. The Morgan fingerprint density at radius 3 is 2.52 bits per heavy atom. The maximum Gasteiger partial charge on any atom is 0.146 e. The molecule has 130 valence electrons. The minimum Gasteiger partial charge on any atom is -0.395 e. The van der Waals surface area contributed by atoms with E-state index in [0.29, 0.717) is 5.92 Å². The van der Waals surface area contributed by atoms with Crippen LogP contribution < -0.4 is 0 Å². The molecule has 3 rings (SSSR count). The first-order valence-corrected chi connectivity index (χ1v) is 8.79. The number of aliphatic hydroxyl groups excluding tert-OH is 2. The lowest BCUT2D eigenvalue weighted by Crippen LogP contribution is -2.46. The van der Waals surface area contributed by atoms with Crippen LogP contribution in [0.15, 0.2) is 0 Å². The lowest BCUT2D eigenvalue weighted by molar-refractivity contribution is 0.0537. The minimum absolute atomic E-state index is 0.00223. The van der Waals surface area contributed by atoms with Gasteiger partial charge in [0.15, 0.2) is 0 Å². The number of nitrogens with zero attached hydrogens (tertiary/aromatic N) is 5. The molecule has 0 aliphatic carbocycles. The Bertz CT molecular complexity index is 497. The van der Waals surface area contributed by atoms with E-state index in [-0.39, 0.29) is 19.3 Å².